The molecule has 1 rings (SSSR count). The maximum atomic E-state index is 10.7. The molecule has 1 atom stereocenters. The molecule has 0 spiro atoms. The fourth-order valence-electron chi connectivity index (χ4n) is 1.38. The average Bonchev–Trinajstić information content (AvgIpc) is 2.15. The molecule has 0 aromatic heterocycles. The highest BCUT2D eigenvalue weighted by Gasteiger charge is 2.22. The van der Waals surface area contributed by atoms with E-state index in [0.717, 1.165) is 5.69 Å². The number of nitrogens with one attached hydrogen (secondary N) is 1. The standard InChI is InChI=1S/C12H18N2O3/c1-8-7-10(5-6-11(8)14(16)17)13-9(2)12(3,4)15/h5-7,9,13,15H,1-4H3. The number of nitro benzene ring substituents is 1. The lowest BCUT2D eigenvalue weighted by Crippen LogP contribution is -2.39. The Bertz CT molecular complexity index is 424. The molecule has 0 fully saturated rings. The van der Waals surface area contributed by atoms with Gasteiger partial charge in [0.2, 0.25) is 0 Å². The molecule has 1 unspecified atom stereocenters. The van der Waals surface area contributed by atoms with Crippen molar-refractivity contribution in [3.63, 3.8) is 0 Å². The Morgan fingerprint density at radius 2 is 2.06 bits per heavy atom. The van der Waals surface area contributed by atoms with E-state index in [0.29, 0.717) is 5.56 Å². The van der Waals surface area contributed by atoms with Gasteiger partial charge in [0.1, 0.15) is 0 Å². The van der Waals surface area contributed by atoms with Crippen LogP contribution in [-0.4, -0.2) is 21.7 Å². The highest BCUT2D eigenvalue weighted by Crippen LogP contribution is 2.23. The van der Waals surface area contributed by atoms with Crippen molar-refractivity contribution in [2.45, 2.75) is 39.3 Å². The average molecular weight is 238 g/mol. The number of hydrogen-bond donors (Lipinski definition) is 2. The zero-order valence-electron chi connectivity index (χ0n) is 10.5. The molecule has 0 aliphatic rings. The second-order valence-corrected chi connectivity index (χ2v) is 4.78. The van der Waals surface area contributed by atoms with Crippen molar-refractivity contribution in [2.75, 3.05) is 5.32 Å². The number of anilines is 1. The summed E-state index contributed by atoms with van der Waals surface area (Å²) in [6, 6.07) is 4.67. The predicted octanol–water partition coefficient (Wildman–Crippen LogP) is 2.47. The highest BCUT2D eigenvalue weighted by molar-refractivity contribution is 5.54. The smallest absolute Gasteiger partial charge is 0.272 e. The molecule has 5 nitrogen and oxygen atoms in total. The minimum atomic E-state index is -0.852. The van der Waals surface area contributed by atoms with Crippen molar-refractivity contribution in [3.05, 3.63) is 33.9 Å². The maximum Gasteiger partial charge on any atom is 0.272 e. The predicted molar refractivity (Wildman–Crippen MR) is 67.2 cm³/mol. The van der Waals surface area contributed by atoms with Crippen LogP contribution in [0, 0.1) is 17.0 Å². The molecule has 0 radical (unpaired) electrons. The Morgan fingerprint density at radius 1 is 1.47 bits per heavy atom. The van der Waals surface area contributed by atoms with E-state index < -0.39 is 10.5 Å². The first-order valence-corrected chi connectivity index (χ1v) is 5.46. The van der Waals surface area contributed by atoms with Crippen molar-refractivity contribution in [1.82, 2.24) is 0 Å². The third-order valence-electron chi connectivity index (χ3n) is 2.84. The highest BCUT2D eigenvalue weighted by atomic mass is 16.6. The Balaban J connectivity index is 2.88. The zero-order valence-corrected chi connectivity index (χ0v) is 10.5. The molecule has 1 aromatic rings. The molecule has 2 N–H and O–H groups in total. The van der Waals surface area contributed by atoms with Crippen molar-refractivity contribution < 1.29 is 10.0 Å². The van der Waals surface area contributed by atoms with Gasteiger partial charge in [-0.15, -0.1) is 0 Å². The third kappa shape index (κ3) is 3.42. The molecule has 0 bridgehead atoms. The molecule has 0 aliphatic heterocycles. The van der Waals surface area contributed by atoms with Crippen LogP contribution in [0.3, 0.4) is 0 Å². The van der Waals surface area contributed by atoms with E-state index in [-0.39, 0.29) is 11.7 Å². The van der Waals surface area contributed by atoms with Gasteiger partial charge >= 0.3 is 0 Å². The van der Waals surface area contributed by atoms with E-state index in [9.17, 15) is 15.2 Å². The topological polar surface area (TPSA) is 75.4 Å². The second kappa shape index (κ2) is 4.71. The van der Waals surface area contributed by atoms with E-state index in [1.807, 2.05) is 6.92 Å². The molecule has 94 valence electrons. The van der Waals surface area contributed by atoms with Crippen LogP contribution in [0.2, 0.25) is 0 Å². The summed E-state index contributed by atoms with van der Waals surface area (Å²) in [5.74, 6) is 0. The van der Waals surface area contributed by atoms with Gasteiger partial charge in [-0.2, -0.15) is 0 Å². The van der Waals surface area contributed by atoms with Gasteiger partial charge in [0.05, 0.1) is 16.6 Å². The van der Waals surface area contributed by atoms with Crippen LogP contribution < -0.4 is 5.32 Å². The normalized spacial score (nSPS) is 13.2. The summed E-state index contributed by atoms with van der Waals surface area (Å²) in [4.78, 5) is 10.3. The Kier molecular flexibility index (Phi) is 3.72. The van der Waals surface area contributed by atoms with Crippen molar-refractivity contribution in [1.29, 1.82) is 0 Å². The molecule has 5 heteroatoms. The number of aliphatic hydroxyl groups is 1. The first-order chi connectivity index (χ1) is 7.71. The minimum absolute atomic E-state index is 0.103. The fraction of sp³-hybridized carbons (Fsp3) is 0.500. The van der Waals surface area contributed by atoms with Gasteiger partial charge in [0.15, 0.2) is 0 Å². The second-order valence-electron chi connectivity index (χ2n) is 4.78. The molecule has 0 heterocycles. The Morgan fingerprint density at radius 3 is 2.47 bits per heavy atom. The monoisotopic (exact) mass is 238 g/mol. The summed E-state index contributed by atoms with van der Waals surface area (Å²) >= 11 is 0. The van der Waals surface area contributed by atoms with E-state index in [1.165, 1.54) is 6.07 Å². The molecule has 0 aliphatic carbocycles. The van der Waals surface area contributed by atoms with Gasteiger partial charge in [-0.1, -0.05) is 0 Å². The molecular formula is C12H18N2O3. The lowest BCUT2D eigenvalue weighted by Gasteiger charge is -2.27. The molecule has 1 aromatic carbocycles. The first-order valence-electron chi connectivity index (χ1n) is 5.46. The summed E-state index contributed by atoms with van der Waals surface area (Å²) < 4.78 is 0. The number of hydrogen-bond acceptors (Lipinski definition) is 4. The molecular weight excluding hydrogens is 220 g/mol. The molecule has 0 saturated heterocycles. The zero-order chi connectivity index (χ0) is 13.2. The van der Waals surface area contributed by atoms with E-state index in [1.54, 1.807) is 32.9 Å². The van der Waals surface area contributed by atoms with E-state index >= 15 is 0 Å². The maximum absolute atomic E-state index is 10.7. The van der Waals surface area contributed by atoms with Crippen molar-refractivity contribution in [2.24, 2.45) is 0 Å². The number of nitrogens with zero attached hydrogens (tertiary/aromatic N) is 1. The minimum Gasteiger partial charge on any atom is -0.388 e. The first kappa shape index (κ1) is 13.4. The fourth-order valence-corrected chi connectivity index (χ4v) is 1.38. The number of nitro groups is 1. The summed E-state index contributed by atoms with van der Waals surface area (Å²) in [7, 11) is 0. The lowest BCUT2D eigenvalue weighted by molar-refractivity contribution is -0.385. The number of benzene rings is 1. The largest absolute Gasteiger partial charge is 0.388 e. The van der Waals surface area contributed by atoms with Gasteiger partial charge < -0.3 is 10.4 Å². The van der Waals surface area contributed by atoms with Gasteiger partial charge in [-0.05, 0) is 39.8 Å². The van der Waals surface area contributed by atoms with Gasteiger partial charge in [0.25, 0.3) is 5.69 Å². The van der Waals surface area contributed by atoms with Crippen LogP contribution in [0.15, 0.2) is 18.2 Å². The van der Waals surface area contributed by atoms with Crippen molar-refractivity contribution >= 4 is 11.4 Å². The quantitative estimate of drug-likeness (QED) is 0.624. The van der Waals surface area contributed by atoms with E-state index in [4.69, 9.17) is 0 Å². The Hall–Kier alpha value is -1.62. The lowest BCUT2D eigenvalue weighted by atomic mass is 10.0. The van der Waals surface area contributed by atoms with Crippen LogP contribution in [0.4, 0.5) is 11.4 Å². The van der Waals surface area contributed by atoms with Crippen LogP contribution in [-0.2, 0) is 0 Å². The van der Waals surface area contributed by atoms with Gasteiger partial charge in [-0.25, -0.2) is 0 Å². The number of rotatable bonds is 4. The van der Waals surface area contributed by atoms with Crippen LogP contribution in [0.5, 0.6) is 0 Å². The SMILES string of the molecule is Cc1cc(NC(C)C(C)(C)O)ccc1[N+](=O)[O-]. The van der Waals surface area contributed by atoms with Crippen LogP contribution in [0.1, 0.15) is 26.3 Å². The summed E-state index contributed by atoms with van der Waals surface area (Å²) in [6.45, 7) is 6.97. The van der Waals surface area contributed by atoms with Crippen molar-refractivity contribution in [3.8, 4) is 0 Å². The molecule has 0 saturated carbocycles. The molecule has 0 amide bonds. The van der Waals surface area contributed by atoms with Crippen LogP contribution >= 0.6 is 0 Å². The summed E-state index contributed by atoms with van der Waals surface area (Å²) in [5.41, 5.74) is 0.618. The van der Waals surface area contributed by atoms with Crippen LogP contribution in [0.25, 0.3) is 0 Å². The Labute approximate surface area is 101 Å². The van der Waals surface area contributed by atoms with Gasteiger partial charge in [-0.3, -0.25) is 10.1 Å². The third-order valence-corrected chi connectivity index (χ3v) is 2.84. The summed E-state index contributed by atoms with van der Waals surface area (Å²) in [6.07, 6.45) is 0. The summed E-state index contributed by atoms with van der Waals surface area (Å²) in [5, 5.41) is 23.6. The van der Waals surface area contributed by atoms with E-state index in [2.05, 4.69) is 5.32 Å². The molecule has 17 heavy (non-hydrogen) atoms. The van der Waals surface area contributed by atoms with Gasteiger partial charge in [0, 0.05) is 17.3 Å². The number of aryl methyl sites for hydroxylation is 1.